The van der Waals surface area contributed by atoms with E-state index >= 15 is 0 Å². The maximum absolute atomic E-state index is 8.77. The molecule has 102 valence electrons. The second-order valence-corrected chi connectivity index (χ2v) is 4.96. The molecule has 3 heterocycles. The van der Waals surface area contributed by atoms with E-state index in [2.05, 4.69) is 26.1 Å². The maximum Gasteiger partial charge on any atom is 0.229 e. The molecule has 20 heavy (non-hydrogen) atoms. The lowest BCUT2D eigenvalue weighted by atomic mass is 9.97. The van der Waals surface area contributed by atoms with Gasteiger partial charge in [-0.3, -0.25) is 0 Å². The molecule has 0 bridgehead atoms. The standard InChI is InChI=1S/C14H15N5O/c1-10-17-14(20-18-10)12-4-6-19(7-5-12)13-3-2-11(8-15)9-16-13/h2-3,9,12H,4-7H2,1H3. The van der Waals surface area contributed by atoms with E-state index in [1.165, 1.54) is 0 Å². The molecule has 6 nitrogen and oxygen atoms in total. The summed E-state index contributed by atoms with van der Waals surface area (Å²) in [6.45, 7) is 3.65. The molecule has 1 aliphatic heterocycles. The first kappa shape index (κ1) is 12.6. The average molecular weight is 269 g/mol. The Morgan fingerprint density at radius 3 is 2.70 bits per heavy atom. The summed E-state index contributed by atoms with van der Waals surface area (Å²) in [5.41, 5.74) is 0.588. The topological polar surface area (TPSA) is 78.8 Å². The molecule has 1 aliphatic rings. The summed E-state index contributed by atoms with van der Waals surface area (Å²) < 4.78 is 5.24. The van der Waals surface area contributed by atoms with Gasteiger partial charge in [0.25, 0.3) is 0 Å². The number of nitrogens with zero attached hydrogens (tertiary/aromatic N) is 5. The Hall–Kier alpha value is -2.42. The molecule has 0 unspecified atom stereocenters. The summed E-state index contributed by atoms with van der Waals surface area (Å²) in [4.78, 5) is 10.9. The van der Waals surface area contributed by atoms with Gasteiger partial charge in [-0.2, -0.15) is 10.2 Å². The second-order valence-electron chi connectivity index (χ2n) is 4.96. The molecule has 0 aromatic carbocycles. The summed E-state index contributed by atoms with van der Waals surface area (Å²) in [6.07, 6.45) is 3.56. The van der Waals surface area contributed by atoms with Gasteiger partial charge in [0.15, 0.2) is 5.82 Å². The van der Waals surface area contributed by atoms with Crippen LogP contribution in [0.5, 0.6) is 0 Å². The van der Waals surface area contributed by atoms with Gasteiger partial charge in [0, 0.05) is 25.2 Å². The SMILES string of the molecule is Cc1noc(C2CCN(c3ccc(C#N)cn3)CC2)n1. The quantitative estimate of drug-likeness (QED) is 0.830. The van der Waals surface area contributed by atoms with Crippen LogP contribution in [0.2, 0.25) is 0 Å². The van der Waals surface area contributed by atoms with Crippen LogP contribution in [-0.2, 0) is 0 Å². The van der Waals surface area contributed by atoms with E-state index in [0.29, 0.717) is 17.3 Å². The molecule has 0 saturated carbocycles. The third kappa shape index (κ3) is 2.48. The lowest BCUT2D eigenvalue weighted by molar-refractivity contribution is 0.327. The van der Waals surface area contributed by atoms with Crippen molar-refractivity contribution in [3.8, 4) is 6.07 Å². The van der Waals surface area contributed by atoms with Crippen molar-refractivity contribution in [1.82, 2.24) is 15.1 Å². The van der Waals surface area contributed by atoms with E-state index in [0.717, 1.165) is 37.6 Å². The number of aromatic nitrogens is 3. The molecule has 1 fully saturated rings. The van der Waals surface area contributed by atoms with Gasteiger partial charge in [-0.25, -0.2) is 4.98 Å². The van der Waals surface area contributed by atoms with E-state index in [9.17, 15) is 0 Å². The molecular formula is C14H15N5O. The number of pyridine rings is 1. The normalized spacial score (nSPS) is 16.1. The van der Waals surface area contributed by atoms with Crippen LogP contribution in [0.25, 0.3) is 0 Å². The fourth-order valence-electron chi connectivity index (χ4n) is 2.47. The second kappa shape index (κ2) is 5.29. The van der Waals surface area contributed by atoms with Crippen molar-refractivity contribution in [2.75, 3.05) is 18.0 Å². The highest BCUT2D eigenvalue weighted by atomic mass is 16.5. The monoisotopic (exact) mass is 269 g/mol. The average Bonchev–Trinajstić information content (AvgIpc) is 2.94. The Balaban J connectivity index is 1.64. The first-order valence-electron chi connectivity index (χ1n) is 6.67. The molecule has 0 amide bonds. The highest BCUT2D eigenvalue weighted by molar-refractivity contribution is 5.42. The first-order valence-corrected chi connectivity index (χ1v) is 6.67. The Morgan fingerprint density at radius 1 is 1.35 bits per heavy atom. The van der Waals surface area contributed by atoms with Crippen LogP contribution in [0.1, 0.15) is 36.0 Å². The third-order valence-corrected chi connectivity index (χ3v) is 3.59. The smallest absolute Gasteiger partial charge is 0.229 e. The van der Waals surface area contributed by atoms with Crippen LogP contribution >= 0.6 is 0 Å². The summed E-state index contributed by atoms with van der Waals surface area (Å²) in [7, 11) is 0. The highest BCUT2D eigenvalue weighted by Crippen LogP contribution is 2.28. The Bertz CT molecular complexity index is 620. The third-order valence-electron chi connectivity index (χ3n) is 3.59. The van der Waals surface area contributed by atoms with Gasteiger partial charge in [-0.15, -0.1) is 0 Å². The number of hydrogen-bond acceptors (Lipinski definition) is 6. The lowest BCUT2D eigenvalue weighted by Gasteiger charge is -2.31. The van der Waals surface area contributed by atoms with Gasteiger partial charge in [0.1, 0.15) is 11.9 Å². The molecule has 0 atom stereocenters. The fraction of sp³-hybridized carbons (Fsp3) is 0.429. The van der Waals surface area contributed by atoms with Gasteiger partial charge in [0.2, 0.25) is 5.89 Å². The fourth-order valence-corrected chi connectivity index (χ4v) is 2.47. The van der Waals surface area contributed by atoms with Gasteiger partial charge in [-0.1, -0.05) is 5.16 Å². The van der Waals surface area contributed by atoms with Gasteiger partial charge in [-0.05, 0) is 31.9 Å². The van der Waals surface area contributed by atoms with Gasteiger partial charge >= 0.3 is 0 Å². The van der Waals surface area contributed by atoms with Gasteiger partial charge < -0.3 is 9.42 Å². The molecule has 0 radical (unpaired) electrons. The predicted molar refractivity (Wildman–Crippen MR) is 72.2 cm³/mol. The molecule has 0 spiro atoms. The van der Waals surface area contributed by atoms with Crippen LogP contribution in [0.15, 0.2) is 22.9 Å². The minimum Gasteiger partial charge on any atom is -0.357 e. The van der Waals surface area contributed by atoms with Crippen molar-refractivity contribution < 1.29 is 4.52 Å². The van der Waals surface area contributed by atoms with Crippen molar-refractivity contribution in [1.29, 1.82) is 5.26 Å². The largest absolute Gasteiger partial charge is 0.357 e. The zero-order chi connectivity index (χ0) is 13.9. The predicted octanol–water partition coefficient (Wildman–Crippen LogP) is 2.03. The molecule has 2 aromatic rings. The lowest BCUT2D eigenvalue weighted by Crippen LogP contribution is -2.33. The summed E-state index contributed by atoms with van der Waals surface area (Å²) in [5, 5.41) is 12.6. The number of nitriles is 1. The number of aryl methyl sites for hydroxylation is 1. The van der Waals surface area contributed by atoms with Crippen LogP contribution in [-0.4, -0.2) is 28.2 Å². The van der Waals surface area contributed by atoms with Crippen LogP contribution in [0.3, 0.4) is 0 Å². The summed E-state index contributed by atoms with van der Waals surface area (Å²) in [6, 6.07) is 5.78. The van der Waals surface area contributed by atoms with E-state index in [4.69, 9.17) is 9.78 Å². The van der Waals surface area contributed by atoms with E-state index in [1.54, 1.807) is 12.3 Å². The van der Waals surface area contributed by atoms with Crippen LogP contribution in [0, 0.1) is 18.3 Å². The zero-order valence-corrected chi connectivity index (χ0v) is 11.3. The van der Waals surface area contributed by atoms with Crippen LogP contribution < -0.4 is 4.90 Å². The van der Waals surface area contributed by atoms with Crippen molar-refractivity contribution >= 4 is 5.82 Å². The van der Waals surface area contributed by atoms with E-state index < -0.39 is 0 Å². The zero-order valence-electron chi connectivity index (χ0n) is 11.3. The Kier molecular flexibility index (Phi) is 3.33. The Morgan fingerprint density at radius 2 is 2.15 bits per heavy atom. The van der Waals surface area contributed by atoms with Crippen molar-refractivity contribution in [3.05, 3.63) is 35.6 Å². The highest BCUT2D eigenvalue weighted by Gasteiger charge is 2.25. The minimum atomic E-state index is 0.339. The Labute approximate surface area is 117 Å². The number of rotatable bonds is 2. The van der Waals surface area contributed by atoms with Crippen molar-refractivity contribution in [3.63, 3.8) is 0 Å². The number of piperidine rings is 1. The molecule has 3 rings (SSSR count). The molecule has 0 N–H and O–H groups in total. The van der Waals surface area contributed by atoms with Crippen molar-refractivity contribution in [2.24, 2.45) is 0 Å². The molecule has 1 saturated heterocycles. The molecular weight excluding hydrogens is 254 g/mol. The summed E-state index contributed by atoms with van der Waals surface area (Å²) >= 11 is 0. The minimum absolute atomic E-state index is 0.339. The molecule has 6 heteroatoms. The maximum atomic E-state index is 8.77. The first-order chi connectivity index (χ1) is 9.76. The van der Waals surface area contributed by atoms with E-state index in [-0.39, 0.29) is 0 Å². The number of anilines is 1. The summed E-state index contributed by atoms with van der Waals surface area (Å²) in [5.74, 6) is 2.70. The number of hydrogen-bond donors (Lipinski definition) is 0. The van der Waals surface area contributed by atoms with Gasteiger partial charge in [0.05, 0.1) is 5.56 Å². The van der Waals surface area contributed by atoms with Crippen LogP contribution in [0.4, 0.5) is 5.82 Å². The van der Waals surface area contributed by atoms with E-state index in [1.807, 2.05) is 13.0 Å². The molecule has 2 aromatic heterocycles. The molecule has 0 aliphatic carbocycles. The van der Waals surface area contributed by atoms with Crippen molar-refractivity contribution in [2.45, 2.75) is 25.7 Å².